The van der Waals surface area contributed by atoms with E-state index in [0.29, 0.717) is 5.92 Å². The molecule has 1 heteroatoms. The zero-order valence-electron chi connectivity index (χ0n) is 13.5. The van der Waals surface area contributed by atoms with Gasteiger partial charge in [0.15, 0.2) is 0 Å². The smallest absolute Gasteiger partial charge is 0.118 e. The van der Waals surface area contributed by atoms with Gasteiger partial charge in [0.25, 0.3) is 0 Å². The summed E-state index contributed by atoms with van der Waals surface area (Å²) in [6.45, 7) is 6.26. The van der Waals surface area contributed by atoms with Crippen LogP contribution in [0.4, 0.5) is 0 Å². The highest BCUT2D eigenvalue weighted by molar-refractivity contribution is 5.42. The number of methoxy groups -OCH3 is 1. The highest BCUT2D eigenvalue weighted by Crippen LogP contribution is 2.47. The van der Waals surface area contributed by atoms with Gasteiger partial charge >= 0.3 is 0 Å². The van der Waals surface area contributed by atoms with Gasteiger partial charge in [-0.3, -0.25) is 0 Å². The molecule has 0 saturated carbocycles. The zero-order valence-corrected chi connectivity index (χ0v) is 13.5. The Balaban J connectivity index is 2.17. The van der Waals surface area contributed by atoms with Gasteiger partial charge in [0.05, 0.1) is 0 Å². The van der Waals surface area contributed by atoms with Crippen LogP contribution in [0.5, 0.6) is 0 Å². The summed E-state index contributed by atoms with van der Waals surface area (Å²) in [4.78, 5) is 0. The van der Waals surface area contributed by atoms with Gasteiger partial charge in [0.1, 0.15) is 5.60 Å². The molecule has 2 atom stereocenters. The van der Waals surface area contributed by atoms with Crippen LogP contribution >= 0.6 is 0 Å². The zero-order chi connectivity index (χ0) is 15.6. The molecule has 1 nitrogen and oxygen atoms in total. The van der Waals surface area contributed by atoms with Crippen molar-refractivity contribution in [3.63, 3.8) is 0 Å². The molecule has 0 aliphatic heterocycles. The van der Waals surface area contributed by atoms with E-state index < -0.39 is 5.60 Å². The Bertz CT molecular complexity index is 656. The minimum Gasteiger partial charge on any atom is -0.369 e. The second-order valence-electron chi connectivity index (χ2n) is 6.21. The molecule has 0 saturated heterocycles. The molecule has 0 aromatic heterocycles. The summed E-state index contributed by atoms with van der Waals surface area (Å²) < 4.78 is 6.11. The normalized spacial score (nSPS) is 24.4. The highest BCUT2D eigenvalue weighted by atomic mass is 16.5. The maximum Gasteiger partial charge on any atom is 0.118 e. The Labute approximate surface area is 133 Å². The molecule has 0 amide bonds. The van der Waals surface area contributed by atoms with E-state index in [1.54, 1.807) is 0 Å². The number of ether oxygens (including phenoxy) is 1. The molecule has 0 unspecified atom stereocenters. The standard InChI is InChI=1S/C21H24O/c1-4-21(22-3)19-10-6-5-8-17(19)9-7-11-20(21)18-14-12-16(2)13-15-18/h4-6,8,10,12-15,20H,1,7,9,11H2,2-3H3/t20-,21-/m1/s1. The lowest BCUT2D eigenvalue weighted by molar-refractivity contribution is 0.00332. The molecule has 2 aromatic rings. The van der Waals surface area contributed by atoms with Crippen molar-refractivity contribution in [1.82, 2.24) is 0 Å². The molecule has 114 valence electrons. The van der Waals surface area contributed by atoms with Gasteiger partial charge in [-0.2, -0.15) is 0 Å². The molecule has 0 bridgehead atoms. The van der Waals surface area contributed by atoms with Gasteiger partial charge < -0.3 is 4.74 Å². The van der Waals surface area contributed by atoms with Crippen molar-refractivity contribution in [2.75, 3.05) is 7.11 Å². The Morgan fingerprint density at radius 3 is 2.55 bits per heavy atom. The number of benzene rings is 2. The third-order valence-electron chi connectivity index (χ3n) is 5.02. The fraction of sp³-hybridized carbons (Fsp3) is 0.333. The Morgan fingerprint density at radius 2 is 1.86 bits per heavy atom. The fourth-order valence-electron chi connectivity index (χ4n) is 3.82. The van der Waals surface area contributed by atoms with Crippen LogP contribution in [-0.4, -0.2) is 7.11 Å². The van der Waals surface area contributed by atoms with Gasteiger partial charge in [0, 0.05) is 13.0 Å². The maximum absolute atomic E-state index is 6.11. The SMILES string of the molecule is C=C[C@@]1(OC)c2ccccc2CCC[C@@H]1c1ccc(C)cc1. The fourth-order valence-corrected chi connectivity index (χ4v) is 3.82. The molecule has 0 spiro atoms. The molecule has 0 radical (unpaired) electrons. The van der Waals surface area contributed by atoms with Crippen LogP contribution in [0.2, 0.25) is 0 Å². The minimum absolute atomic E-state index is 0.305. The quantitative estimate of drug-likeness (QED) is 0.562. The average Bonchev–Trinajstić information content (AvgIpc) is 2.72. The summed E-state index contributed by atoms with van der Waals surface area (Å²) in [5.41, 5.74) is 4.85. The Morgan fingerprint density at radius 1 is 1.14 bits per heavy atom. The summed E-state index contributed by atoms with van der Waals surface area (Å²) >= 11 is 0. The molecule has 0 fully saturated rings. The first-order chi connectivity index (χ1) is 10.7. The molecule has 22 heavy (non-hydrogen) atoms. The van der Waals surface area contributed by atoms with E-state index >= 15 is 0 Å². The second kappa shape index (κ2) is 6.10. The van der Waals surface area contributed by atoms with Crippen molar-refractivity contribution in [2.45, 2.75) is 37.7 Å². The summed E-state index contributed by atoms with van der Waals surface area (Å²) in [6, 6.07) is 17.5. The number of hydrogen-bond donors (Lipinski definition) is 0. The molecular weight excluding hydrogens is 268 g/mol. The van der Waals surface area contributed by atoms with Crippen LogP contribution in [0.3, 0.4) is 0 Å². The van der Waals surface area contributed by atoms with E-state index in [1.807, 2.05) is 13.2 Å². The van der Waals surface area contributed by atoms with Gasteiger partial charge in [-0.05, 0) is 42.9 Å². The maximum atomic E-state index is 6.11. The third-order valence-corrected chi connectivity index (χ3v) is 5.02. The van der Waals surface area contributed by atoms with E-state index in [2.05, 4.69) is 62.0 Å². The van der Waals surface area contributed by atoms with E-state index in [4.69, 9.17) is 4.74 Å². The first kappa shape index (κ1) is 15.1. The molecular formula is C21H24O. The van der Waals surface area contributed by atoms with Crippen LogP contribution in [0.1, 0.15) is 41.0 Å². The summed E-state index contributed by atoms with van der Waals surface area (Å²) in [7, 11) is 1.81. The predicted octanol–water partition coefficient (Wildman–Crippen LogP) is 5.14. The first-order valence-electron chi connectivity index (χ1n) is 8.05. The topological polar surface area (TPSA) is 9.23 Å². The van der Waals surface area contributed by atoms with Crippen LogP contribution in [-0.2, 0) is 16.8 Å². The lowest BCUT2D eigenvalue weighted by Gasteiger charge is -2.38. The molecule has 0 N–H and O–H groups in total. The molecule has 3 rings (SSSR count). The number of fused-ring (bicyclic) bond motifs is 1. The summed E-state index contributed by atoms with van der Waals surface area (Å²) in [6.07, 6.45) is 5.39. The Kier molecular flexibility index (Phi) is 4.17. The predicted molar refractivity (Wildman–Crippen MR) is 92.2 cm³/mol. The average molecular weight is 292 g/mol. The number of aryl methyl sites for hydroxylation is 2. The van der Waals surface area contributed by atoms with Crippen molar-refractivity contribution < 1.29 is 4.74 Å². The van der Waals surface area contributed by atoms with Gasteiger partial charge in [-0.25, -0.2) is 0 Å². The number of rotatable bonds is 3. The minimum atomic E-state index is -0.442. The monoisotopic (exact) mass is 292 g/mol. The van der Waals surface area contributed by atoms with Gasteiger partial charge in [0.2, 0.25) is 0 Å². The Hall–Kier alpha value is -1.86. The summed E-state index contributed by atoms with van der Waals surface area (Å²) in [5, 5.41) is 0. The lowest BCUT2D eigenvalue weighted by atomic mass is 9.75. The van der Waals surface area contributed by atoms with E-state index in [-0.39, 0.29) is 0 Å². The summed E-state index contributed by atoms with van der Waals surface area (Å²) in [5.74, 6) is 0.305. The second-order valence-corrected chi connectivity index (χ2v) is 6.21. The van der Waals surface area contributed by atoms with Crippen molar-refractivity contribution in [2.24, 2.45) is 0 Å². The highest BCUT2D eigenvalue weighted by Gasteiger charge is 2.41. The van der Waals surface area contributed by atoms with Crippen LogP contribution in [0.15, 0.2) is 61.2 Å². The van der Waals surface area contributed by atoms with Crippen LogP contribution in [0.25, 0.3) is 0 Å². The van der Waals surface area contributed by atoms with Crippen LogP contribution < -0.4 is 0 Å². The third kappa shape index (κ3) is 2.40. The van der Waals surface area contributed by atoms with E-state index in [0.717, 1.165) is 12.8 Å². The molecule has 1 aliphatic carbocycles. The van der Waals surface area contributed by atoms with Crippen molar-refractivity contribution in [3.05, 3.63) is 83.4 Å². The first-order valence-corrected chi connectivity index (χ1v) is 8.05. The lowest BCUT2D eigenvalue weighted by Crippen LogP contribution is -2.33. The van der Waals surface area contributed by atoms with E-state index in [1.165, 1.54) is 28.7 Å². The van der Waals surface area contributed by atoms with Gasteiger partial charge in [-0.15, -0.1) is 0 Å². The van der Waals surface area contributed by atoms with Crippen LogP contribution in [0, 0.1) is 6.92 Å². The molecule has 2 aromatic carbocycles. The van der Waals surface area contributed by atoms with Crippen molar-refractivity contribution in [1.29, 1.82) is 0 Å². The number of hydrogen-bond acceptors (Lipinski definition) is 1. The largest absolute Gasteiger partial charge is 0.369 e. The van der Waals surface area contributed by atoms with Crippen molar-refractivity contribution in [3.8, 4) is 0 Å². The molecule has 1 aliphatic rings. The van der Waals surface area contributed by atoms with Crippen molar-refractivity contribution >= 4 is 0 Å². The van der Waals surface area contributed by atoms with E-state index in [9.17, 15) is 0 Å². The van der Waals surface area contributed by atoms with Gasteiger partial charge in [-0.1, -0.05) is 66.7 Å². The molecule has 0 heterocycles.